The predicted molar refractivity (Wildman–Crippen MR) is 107 cm³/mol. The van der Waals surface area contributed by atoms with Crippen molar-refractivity contribution in [3.8, 4) is 0 Å². The number of hydrogen-bond acceptors (Lipinski definition) is 7. The van der Waals surface area contributed by atoms with Gasteiger partial charge in [-0.05, 0) is 30.8 Å². The second-order valence-corrected chi connectivity index (χ2v) is 7.71. The molecule has 29 heavy (non-hydrogen) atoms. The van der Waals surface area contributed by atoms with Crippen molar-refractivity contribution in [2.24, 2.45) is 11.7 Å². The van der Waals surface area contributed by atoms with E-state index in [1.54, 1.807) is 13.8 Å². The van der Waals surface area contributed by atoms with Crippen molar-refractivity contribution >= 4 is 41.4 Å². The quantitative estimate of drug-likeness (QED) is 0.194. The molecule has 0 saturated heterocycles. The van der Waals surface area contributed by atoms with Crippen LogP contribution in [-0.2, 0) is 24.0 Å². The molecule has 0 saturated carbocycles. The van der Waals surface area contributed by atoms with Crippen LogP contribution in [-0.4, -0.2) is 76.6 Å². The minimum absolute atomic E-state index is 0.121. The smallest absolute Gasteiger partial charge is 0.326 e. The molecule has 0 aliphatic heterocycles. The van der Waals surface area contributed by atoms with E-state index in [9.17, 15) is 24.0 Å². The van der Waals surface area contributed by atoms with Crippen LogP contribution in [0.4, 0.5) is 0 Å². The molecule has 3 atom stereocenters. The number of carboxylic acid groups (broad SMARTS) is 2. The van der Waals surface area contributed by atoms with Gasteiger partial charge in [0.05, 0.1) is 12.6 Å². The van der Waals surface area contributed by atoms with Gasteiger partial charge in [0, 0.05) is 6.42 Å². The molecule has 0 aliphatic carbocycles. The van der Waals surface area contributed by atoms with Gasteiger partial charge < -0.3 is 31.9 Å². The van der Waals surface area contributed by atoms with Crippen molar-refractivity contribution in [1.29, 1.82) is 0 Å². The SMILES string of the molecule is CSCCC(NC(=O)C(N)C(C)C)C(=O)NCC(=O)NC(CCC(=O)O)C(=O)O. The average Bonchev–Trinajstić information content (AvgIpc) is 2.64. The summed E-state index contributed by atoms with van der Waals surface area (Å²) < 4.78 is 0. The van der Waals surface area contributed by atoms with Gasteiger partial charge >= 0.3 is 11.9 Å². The Morgan fingerprint density at radius 3 is 2.07 bits per heavy atom. The van der Waals surface area contributed by atoms with E-state index < -0.39 is 60.8 Å². The Balaban J connectivity index is 4.78. The molecule has 3 unspecified atom stereocenters. The average molecular weight is 435 g/mol. The van der Waals surface area contributed by atoms with Crippen LogP contribution in [0, 0.1) is 5.92 Å². The Kier molecular flexibility index (Phi) is 12.7. The molecule has 7 N–H and O–H groups in total. The lowest BCUT2D eigenvalue weighted by atomic mass is 10.0. The van der Waals surface area contributed by atoms with Gasteiger partial charge in [0.25, 0.3) is 0 Å². The van der Waals surface area contributed by atoms with Crippen molar-refractivity contribution in [2.45, 2.75) is 51.2 Å². The molecule has 0 fully saturated rings. The molecule has 0 bridgehead atoms. The fourth-order valence-electron chi connectivity index (χ4n) is 2.14. The maximum atomic E-state index is 12.4. The highest BCUT2D eigenvalue weighted by Crippen LogP contribution is 2.04. The fraction of sp³-hybridized carbons (Fsp3) is 0.706. The van der Waals surface area contributed by atoms with E-state index in [0.717, 1.165) is 0 Å². The first-order chi connectivity index (χ1) is 13.5. The molecule has 12 heteroatoms. The number of carbonyl (C=O) groups is 5. The summed E-state index contributed by atoms with van der Waals surface area (Å²) in [4.78, 5) is 58.1. The maximum absolute atomic E-state index is 12.4. The van der Waals surface area contributed by atoms with Crippen LogP contribution in [0.5, 0.6) is 0 Å². The molecular formula is C17H30N4O7S. The lowest BCUT2D eigenvalue weighted by molar-refractivity contribution is -0.143. The number of amides is 3. The van der Waals surface area contributed by atoms with Crippen molar-refractivity contribution < 1.29 is 34.2 Å². The third-order valence-corrected chi connectivity index (χ3v) is 4.61. The number of carbonyl (C=O) groups excluding carboxylic acids is 3. The minimum Gasteiger partial charge on any atom is -0.481 e. The van der Waals surface area contributed by atoms with Crippen molar-refractivity contribution in [3.63, 3.8) is 0 Å². The van der Waals surface area contributed by atoms with Crippen LogP contribution in [0.25, 0.3) is 0 Å². The van der Waals surface area contributed by atoms with Crippen LogP contribution < -0.4 is 21.7 Å². The number of thioether (sulfide) groups is 1. The summed E-state index contributed by atoms with van der Waals surface area (Å²) >= 11 is 1.48. The lowest BCUT2D eigenvalue weighted by Gasteiger charge is -2.22. The summed E-state index contributed by atoms with van der Waals surface area (Å²) in [6.45, 7) is 3.03. The summed E-state index contributed by atoms with van der Waals surface area (Å²) in [5.41, 5.74) is 5.78. The van der Waals surface area contributed by atoms with Crippen molar-refractivity contribution in [1.82, 2.24) is 16.0 Å². The Bertz CT molecular complexity index is 600. The minimum atomic E-state index is -1.38. The summed E-state index contributed by atoms with van der Waals surface area (Å²) in [5.74, 6) is -3.97. The van der Waals surface area contributed by atoms with E-state index in [0.29, 0.717) is 12.2 Å². The van der Waals surface area contributed by atoms with Crippen molar-refractivity contribution in [2.75, 3.05) is 18.6 Å². The van der Waals surface area contributed by atoms with E-state index in [4.69, 9.17) is 15.9 Å². The molecule has 3 amide bonds. The normalized spacial score (nSPS) is 13.8. The third-order valence-electron chi connectivity index (χ3n) is 3.97. The van der Waals surface area contributed by atoms with Crippen LogP contribution >= 0.6 is 11.8 Å². The second kappa shape index (κ2) is 13.8. The molecule has 0 aromatic rings. The Morgan fingerprint density at radius 1 is 0.966 bits per heavy atom. The number of hydrogen-bond donors (Lipinski definition) is 6. The van der Waals surface area contributed by atoms with Gasteiger partial charge in [-0.2, -0.15) is 11.8 Å². The first-order valence-electron chi connectivity index (χ1n) is 9.06. The maximum Gasteiger partial charge on any atom is 0.326 e. The molecule has 0 heterocycles. The zero-order chi connectivity index (χ0) is 22.6. The standard InChI is InChI=1S/C17H30N4O7S/c1-9(2)14(18)16(26)21-10(6-7-29-3)15(25)19-8-12(22)20-11(17(27)28)4-5-13(23)24/h9-11,14H,4-8,18H2,1-3H3,(H,19,25)(H,20,22)(H,21,26)(H,23,24)(H,27,28). The van der Waals surface area contributed by atoms with Gasteiger partial charge in [0.2, 0.25) is 17.7 Å². The topological polar surface area (TPSA) is 188 Å². The highest BCUT2D eigenvalue weighted by Gasteiger charge is 2.26. The number of rotatable bonds is 14. The molecule has 0 rings (SSSR count). The van der Waals surface area contributed by atoms with Gasteiger partial charge in [-0.15, -0.1) is 0 Å². The van der Waals surface area contributed by atoms with Crippen LogP contribution in [0.15, 0.2) is 0 Å². The van der Waals surface area contributed by atoms with Gasteiger partial charge in [-0.3, -0.25) is 19.2 Å². The van der Waals surface area contributed by atoms with E-state index in [2.05, 4.69) is 16.0 Å². The summed E-state index contributed by atoms with van der Waals surface area (Å²) in [6.07, 6.45) is 1.45. The first-order valence-corrected chi connectivity index (χ1v) is 10.5. The van der Waals surface area contributed by atoms with E-state index in [1.807, 2.05) is 6.26 Å². The van der Waals surface area contributed by atoms with Gasteiger partial charge in [-0.25, -0.2) is 4.79 Å². The number of aliphatic carboxylic acids is 2. The van der Waals surface area contributed by atoms with Gasteiger partial charge in [0.1, 0.15) is 12.1 Å². The largest absolute Gasteiger partial charge is 0.481 e. The Labute approximate surface area is 173 Å². The van der Waals surface area contributed by atoms with Crippen LogP contribution in [0.2, 0.25) is 0 Å². The summed E-state index contributed by atoms with van der Waals surface area (Å²) in [6, 6.07) is -3.06. The Hall–Kier alpha value is -2.34. The van der Waals surface area contributed by atoms with E-state index in [-0.39, 0.29) is 12.3 Å². The molecular weight excluding hydrogens is 404 g/mol. The first kappa shape index (κ1) is 26.7. The third kappa shape index (κ3) is 11.3. The zero-order valence-corrected chi connectivity index (χ0v) is 17.6. The fourth-order valence-corrected chi connectivity index (χ4v) is 2.61. The molecule has 0 aromatic carbocycles. The van der Waals surface area contributed by atoms with Crippen LogP contribution in [0.3, 0.4) is 0 Å². The molecule has 0 radical (unpaired) electrons. The monoisotopic (exact) mass is 434 g/mol. The van der Waals surface area contributed by atoms with Gasteiger partial charge in [-0.1, -0.05) is 13.8 Å². The highest BCUT2D eigenvalue weighted by molar-refractivity contribution is 7.98. The zero-order valence-electron chi connectivity index (χ0n) is 16.8. The number of carboxylic acids is 2. The molecule has 166 valence electrons. The molecule has 11 nitrogen and oxygen atoms in total. The molecule has 0 aromatic heterocycles. The van der Waals surface area contributed by atoms with E-state index >= 15 is 0 Å². The predicted octanol–water partition coefficient (Wildman–Crippen LogP) is -1.24. The lowest BCUT2D eigenvalue weighted by Crippen LogP contribution is -2.54. The molecule has 0 spiro atoms. The van der Waals surface area contributed by atoms with Crippen molar-refractivity contribution in [3.05, 3.63) is 0 Å². The summed E-state index contributed by atoms with van der Waals surface area (Å²) in [5, 5.41) is 24.7. The number of nitrogens with one attached hydrogen (secondary N) is 3. The Morgan fingerprint density at radius 2 is 1.59 bits per heavy atom. The molecule has 0 aliphatic rings. The van der Waals surface area contributed by atoms with Crippen LogP contribution in [0.1, 0.15) is 33.1 Å². The second-order valence-electron chi connectivity index (χ2n) is 6.72. The highest BCUT2D eigenvalue weighted by atomic mass is 32.2. The van der Waals surface area contributed by atoms with Gasteiger partial charge in [0.15, 0.2) is 0 Å². The number of nitrogens with two attached hydrogens (primary N) is 1. The summed E-state index contributed by atoms with van der Waals surface area (Å²) in [7, 11) is 0. The van der Waals surface area contributed by atoms with E-state index in [1.165, 1.54) is 11.8 Å².